The van der Waals surface area contributed by atoms with E-state index in [4.69, 9.17) is 5.73 Å². The Morgan fingerprint density at radius 1 is 1.33 bits per heavy atom. The Labute approximate surface area is 106 Å². The van der Waals surface area contributed by atoms with Gasteiger partial charge in [0.15, 0.2) is 0 Å². The van der Waals surface area contributed by atoms with Gasteiger partial charge in [-0.2, -0.15) is 0 Å². The third kappa shape index (κ3) is 3.18. The smallest absolute Gasteiger partial charge is 0.271 e. The van der Waals surface area contributed by atoms with Crippen LogP contribution in [0.15, 0.2) is 42.9 Å². The number of hydrogen-bond donors (Lipinski definition) is 2. The number of rotatable bonds is 5. The zero-order chi connectivity index (χ0) is 12.8. The Balaban J connectivity index is 1.91. The van der Waals surface area contributed by atoms with Crippen molar-refractivity contribution in [2.75, 3.05) is 6.54 Å². The molecule has 0 aliphatic heterocycles. The predicted octanol–water partition coefficient (Wildman–Crippen LogP) is 0.772. The third-order valence-electron chi connectivity index (χ3n) is 2.55. The molecule has 5 heteroatoms. The van der Waals surface area contributed by atoms with Gasteiger partial charge in [-0.1, -0.05) is 30.3 Å². The Morgan fingerprint density at radius 2 is 2.11 bits per heavy atom. The molecule has 3 N–H and O–H groups in total. The summed E-state index contributed by atoms with van der Waals surface area (Å²) >= 11 is 0. The standard InChI is InChI=1S/C13H16N4O/c14-6-7-17-9-12(16-10-17)13(18)15-8-11-4-2-1-3-5-11/h1-5,9-10H,6-8,14H2,(H,15,18). The fourth-order valence-corrected chi connectivity index (χ4v) is 1.62. The van der Waals surface area contributed by atoms with E-state index in [1.165, 1.54) is 0 Å². The minimum absolute atomic E-state index is 0.172. The summed E-state index contributed by atoms with van der Waals surface area (Å²) in [6.45, 7) is 1.70. The lowest BCUT2D eigenvalue weighted by Gasteiger charge is -2.02. The van der Waals surface area contributed by atoms with Crippen LogP contribution in [0.25, 0.3) is 0 Å². The van der Waals surface area contributed by atoms with Crippen molar-refractivity contribution in [3.05, 3.63) is 54.1 Å². The normalized spacial score (nSPS) is 10.3. The van der Waals surface area contributed by atoms with Gasteiger partial charge < -0.3 is 15.6 Å². The Hall–Kier alpha value is -2.14. The number of carbonyl (C=O) groups is 1. The number of hydrogen-bond acceptors (Lipinski definition) is 3. The molecule has 0 atom stereocenters. The van der Waals surface area contributed by atoms with Crippen LogP contribution in [0.2, 0.25) is 0 Å². The molecule has 94 valence electrons. The predicted molar refractivity (Wildman–Crippen MR) is 68.9 cm³/mol. The van der Waals surface area contributed by atoms with Crippen molar-refractivity contribution in [2.45, 2.75) is 13.1 Å². The zero-order valence-corrected chi connectivity index (χ0v) is 10.0. The zero-order valence-electron chi connectivity index (χ0n) is 10.0. The van der Waals surface area contributed by atoms with Crippen molar-refractivity contribution in [2.24, 2.45) is 5.73 Å². The molecule has 5 nitrogen and oxygen atoms in total. The first-order valence-electron chi connectivity index (χ1n) is 5.83. The SMILES string of the molecule is NCCn1cnc(C(=O)NCc2ccccc2)c1. The van der Waals surface area contributed by atoms with Crippen LogP contribution in [-0.4, -0.2) is 22.0 Å². The molecule has 0 saturated heterocycles. The fourth-order valence-electron chi connectivity index (χ4n) is 1.62. The van der Waals surface area contributed by atoms with E-state index in [9.17, 15) is 4.79 Å². The first-order chi connectivity index (χ1) is 8.79. The molecule has 18 heavy (non-hydrogen) atoms. The van der Waals surface area contributed by atoms with Crippen molar-refractivity contribution >= 4 is 5.91 Å². The fraction of sp³-hybridized carbons (Fsp3) is 0.231. The molecule has 1 amide bonds. The molecular formula is C13H16N4O. The van der Waals surface area contributed by atoms with Crippen LogP contribution in [0.5, 0.6) is 0 Å². The van der Waals surface area contributed by atoms with E-state index in [-0.39, 0.29) is 5.91 Å². The number of carbonyl (C=O) groups excluding carboxylic acids is 1. The second kappa shape index (κ2) is 5.97. The highest BCUT2D eigenvalue weighted by atomic mass is 16.1. The molecule has 0 aliphatic carbocycles. The van der Waals surface area contributed by atoms with Crippen LogP contribution in [0.4, 0.5) is 0 Å². The molecule has 2 aromatic rings. The maximum atomic E-state index is 11.8. The number of benzene rings is 1. The number of nitrogens with zero attached hydrogens (tertiary/aromatic N) is 2. The highest BCUT2D eigenvalue weighted by molar-refractivity contribution is 5.91. The third-order valence-corrected chi connectivity index (χ3v) is 2.55. The quantitative estimate of drug-likeness (QED) is 0.816. The molecule has 0 spiro atoms. The van der Waals surface area contributed by atoms with Crippen molar-refractivity contribution in [3.63, 3.8) is 0 Å². The lowest BCUT2D eigenvalue weighted by molar-refractivity contribution is 0.0946. The van der Waals surface area contributed by atoms with Gasteiger partial charge in [0.2, 0.25) is 0 Å². The number of nitrogens with two attached hydrogens (primary N) is 1. The van der Waals surface area contributed by atoms with Gasteiger partial charge in [0.1, 0.15) is 5.69 Å². The highest BCUT2D eigenvalue weighted by Crippen LogP contribution is 2.00. The molecule has 2 rings (SSSR count). The molecule has 1 heterocycles. The number of amides is 1. The summed E-state index contributed by atoms with van der Waals surface area (Å²) in [7, 11) is 0. The molecule has 0 saturated carbocycles. The van der Waals surface area contributed by atoms with Crippen LogP contribution in [0, 0.1) is 0 Å². The maximum Gasteiger partial charge on any atom is 0.271 e. The molecule has 1 aromatic heterocycles. The molecule has 0 unspecified atom stereocenters. The minimum atomic E-state index is -0.172. The van der Waals surface area contributed by atoms with Crippen molar-refractivity contribution < 1.29 is 4.79 Å². The van der Waals surface area contributed by atoms with E-state index in [0.29, 0.717) is 25.3 Å². The first-order valence-corrected chi connectivity index (χ1v) is 5.83. The Morgan fingerprint density at radius 3 is 2.83 bits per heavy atom. The number of aromatic nitrogens is 2. The van der Waals surface area contributed by atoms with E-state index in [0.717, 1.165) is 5.56 Å². The average molecular weight is 244 g/mol. The summed E-state index contributed by atoms with van der Waals surface area (Å²) < 4.78 is 1.80. The van der Waals surface area contributed by atoms with Gasteiger partial charge in [-0.15, -0.1) is 0 Å². The largest absolute Gasteiger partial charge is 0.347 e. The summed E-state index contributed by atoms with van der Waals surface area (Å²) in [4.78, 5) is 15.9. The number of imidazole rings is 1. The highest BCUT2D eigenvalue weighted by Gasteiger charge is 2.08. The van der Waals surface area contributed by atoms with Gasteiger partial charge in [0.05, 0.1) is 6.33 Å². The van der Waals surface area contributed by atoms with Gasteiger partial charge >= 0.3 is 0 Å². The first kappa shape index (κ1) is 12.3. The lowest BCUT2D eigenvalue weighted by atomic mass is 10.2. The van der Waals surface area contributed by atoms with Gasteiger partial charge in [0.25, 0.3) is 5.91 Å². The molecule has 0 radical (unpaired) electrons. The number of nitrogens with one attached hydrogen (secondary N) is 1. The van der Waals surface area contributed by atoms with Crippen molar-refractivity contribution in [1.82, 2.24) is 14.9 Å². The monoisotopic (exact) mass is 244 g/mol. The molecular weight excluding hydrogens is 228 g/mol. The van der Waals surface area contributed by atoms with Gasteiger partial charge in [0, 0.05) is 25.8 Å². The summed E-state index contributed by atoms with van der Waals surface area (Å²) in [5.41, 5.74) is 6.91. The average Bonchev–Trinajstić information content (AvgIpc) is 2.86. The van der Waals surface area contributed by atoms with Crippen molar-refractivity contribution in [3.8, 4) is 0 Å². The van der Waals surface area contributed by atoms with Gasteiger partial charge in [-0.25, -0.2) is 4.98 Å². The topological polar surface area (TPSA) is 72.9 Å². The molecule has 0 fully saturated rings. The summed E-state index contributed by atoms with van der Waals surface area (Å²) in [6.07, 6.45) is 3.32. The Kier molecular flexibility index (Phi) is 4.09. The van der Waals surface area contributed by atoms with Crippen LogP contribution in [0.3, 0.4) is 0 Å². The summed E-state index contributed by atoms with van der Waals surface area (Å²) in [5.74, 6) is -0.172. The van der Waals surface area contributed by atoms with Crippen LogP contribution >= 0.6 is 0 Å². The minimum Gasteiger partial charge on any atom is -0.347 e. The Bertz CT molecular complexity index is 507. The molecule has 1 aromatic carbocycles. The second-order valence-corrected chi connectivity index (χ2v) is 3.95. The van der Waals surface area contributed by atoms with E-state index >= 15 is 0 Å². The van der Waals surface area contributed by atoms with Crippen molar-refractivity contribution in [1.29, 1.82) is 0 Å². The second-order valence-electron chi connectivity index (χ2n) is 3.95. The van der Waals surface area contributed by atoms with E-state index in [1.807, 2.05) is 30.3 Å². The summed E-state index contributed by atoms with van der Waals surface area (Å²) in [6, 6.07) is 9.76. The van der Waals surface area contributed by atoms with E-state index in [1.54, 1.807) is 17.1 Å². The van der Waals surface area contributed by atoms with Gasteiger partial charge in [-0.05, 0) is 5.56 Å². The van der Waals surface area contributed by atoms with Crippen LogP contribution in [0.1, 0.15) is 16.1 Å². The maximum absolute atomic E-state index is 11.8. The molecule has 0 aliphatic rings. The van der Waals surface area contributed by atoms with Crippen LogP contribution < -0.4 is 11.1 Å². The van der Waals surface area contributed by atoms with Gasteiger partial charge in [-0.3, -0.25) is 4.79 Å². The van der Waals surface area contributed by atoms with Crippen LogP contribution in [-0.2, 0) is 13.1 Å². The summed E-state index contributed by atoms with van der Waals surface area (Å²) in [5, 5.41) is 2.82. The lowest BCUT2D eigenvalue weighted by Crippen LogP contribution is -2.23. The molecule has 0 bridgehead atoms. The van der Waals surface area contributed by atoms with E-state index in [2.05, 4.69) is 10.3 Å². The van der Waals surface area contributed by atoms with E-state index < -0.39 is 0 Å².